The van der Waals surface area contributed by atoms with E-state index in [0.29, 0.717) is 25.6 Å². The number of aromatic nitrogens is 1. The van der Waals surface area contributed by atoms with Gasteiger partial charge >= 0.3 is 0 Å². The van der Waals surface area contributed by atoms with Crippen molar-refractivity contribution in [2.75, 3.05) is 33.4 Å². The van der Waals surface area contributed by atoms with E-state index in [9.17, 15) is 0 Å². The van der Waals surface area contributed by atoms with Crippen LogP contribution in [0.5, 0.6) is 5.88 Å². The number of nitrogens with zero attached hydrogens (tertiary/aromatic N) is 2. The van der Waals surface area contributed by atoms with Crippen LogP contribution in [0, 0.1) is 0 Å². The summed E-state index contributed by atoms with van der Waals surface area (Å²) < 4.78 is 10.7. The maximum Gasteiger partial charge on any atom is 0.218 e. The minimum absolute atomic E-state index is 0. The minimum Gasteiger partial charge on any atom is -0.475 e. The number of ether oxygens (including phenoxy) is 2. The lowest BCUT2D eigenvalue weighted by molar-refractivity contribution is 0.143. The molecule has 0 spiro atoms. The van der Waals surface area contributed by atoms with E-state index in [-0.39, 0.29) is 24.0 Å². The van der Waals surface area contributed by atoms with E-state index in [1.807, 2.05) is 37.3 Å². The minimum atomic E-state index is 0. The van der Waals surface area contributed by atoms with Crippen molar-refractivity contribution in [1.29, 1.82) is 0 Å². The number of nitrogens with one attached hydrogen (secondary N) is 2. The van der Waals surface area contributed by atoms with Gasteiger partial charge in [0.2, 0.25) is 5.88 Å². The fourth-order valence-electron chi connectivity index (χ4n) is 2.42. The summed E-state index contributed by atoms with van der Waals surface area (Å²) in [6.45, 7) is 5.04. The van der Waals surface area contributed by atoms with Gasteiger partial charge in [-0.25, -0.2) is 9.98 Å². The molecule has 0 aliphatic heterocycles. The van der Waals surface area contributed by atoms with Crippen LogP contribution in [-0.2, 0) is 17.7 Å². The summed E-state index contributed by atoms with van der Waals surface area (Å²) in [7, 11) is 1.64. The number of hydrogen-bond donors (Lipinski definition) is 2. The van der Waals surface area contributed by atoms with Crippen molar-refractivity contribution in [2.45, 2.75) is 19.9 Å². The number of halogens is 2. The molecule has 0 amide bonds. The van der Waals surface area contributed by atoms with E-state index >= 15 is 0 Å². The molecule has 8 heteroatoms. The van der Waals surface area contributed by atoms with Crippen LogP contribution in [0.15, 0.2) is 47.6 Å². The van der Waals surface area contributed by atoms with Crippen molar-refractivity contribution in [1.82, 2.24) is 15.6 Å². The van der Waals surface area contributed by atoms with E-state index in [2.05, 4.69) is 26.7 Å². The Bertz CT molecular complexity index is 731. The molecule has 0 radical (unpaired) electrons. The van der Waals surface area contributed by atoms with Crippen molar-refractivity contribution in [3.63, 3.8) is 0 Å². The van der Waals surface area contributed by atoms with Crippen molar-refractivity contribution in [2.24, 2.45) is 4.99 Å². The molecule has 1 heterocycles. The number of hydrogen-bond acceptors (Lipinski definition) is 4. The monoisotopic (exact) mass is 518 g/mol. The first-order valence-electron chi connectivity index (χ1n) is 9.05. The van der Waals surface area contributed by atoms with E-state index in [1.54, 1.807) is 13.3 Å². The van der Waals surface area contributed by atoms with Gasteiger partial charge in [-0.1, -0.05) is 29.8 Å². The predicted molar refractivity (Wildman–Crippen MR) is 125 cm³/mol. The second-order valence-corrected chi connectivity index (χ2v) is 6.25. The molecule has 2 N–H and O–H groups in total. The molecular weight excluding hydrogens is 491 g/mol. The summed E-state index contributed by atoms with van der Waals surface area (Å²) in [5.74, 6) is 1.35. The molecule has 2 aromatic rings. The summed E-state index contributed by atoms with van der Waals surface area (Å²) in [5.41, 5.74) is 2.12. The fraction of sp³-hybridized carbons (Fsp3) is 0.400. The van der Waals surface area contributed by atoms with Crippen LogP contribution in [0.1, 0.15) is 18.1 Å². The first-order valence-corrected chi connectivity index (χ1v) is 9.43. The molecule has 1 aromatic heterocycles. The van der Waals surface area contributed by atoms with Crippen LogP contribution >= 0.6 is 35.6 Å². The second kappa shape index (κ2) is 14.4. The Morgan fingerprint density at radius 1 is 1.18 bits per heavy atom. The van der Waals surface area contributed by atoms with Crippen molar-refractivity contribution >= 4 is 41.5 Å². The molecule has 0 saturated heterocycles. The predicted octanol–water partition coefficient (Wildman–Crippen LogP) is 3.68. The number of guanidine groups is 1. The first kappa shape index (κ1) is 24.5. The summed E-state index contributed by atoms with van der Waals surface area (Å²) in [5, 5.41) is 7.35. The van der Waals surface area contributed by atoms with Crippen molar-refractivity contribution in [3.8, 4) is 5.88 Å². The molecule has 0 fully saturated rings. The zero-order valence-electron chi connectivity index (χ0n) is 16.3. The number of rotatable bonds is 10. The summed E-state index contributed by atoms with van der Waals surface area (Å²) in [6.07, 6.45) is 2.58. The molecule has 2 rings (SSSR count). The lowest BCUT2D eigenvalue weighted by atomic mass is 10.1. The Kier molecular flexibility index (Phi) is 12.6. The zero-order chi connectivity index (χ0) is 19.3. The smallest absolute Gasteiger partial charge is 0.218 e. The van der Waals surface area contributed by atoms with Gasteiger partial charge in [0.1, 0.15) is 6.61 Å². The van der Waals surface area contributed by atoms with Crippen LogP contribution in [0.2, 0.25) is 5.02 Å². The quantitative estimate of drug-likeness (QED) is 0.217. The van der Waals surface area contributed by atoms with E-state index in [1.165, 1.54) is 5.56 Å². The van der Waals surface area contributed by atoms with E-state index in [4.69, 9.17) is 21.1 Å². The van der Waals surface area contributed by atoms with Gasteiger partial charge in [0, 0.05) is 37.0 Å². The maximum absolute atomic E-state index is 6.03. The van der Waals surface area contributed by atoms with Gasteiger partial charge in [-0.3, -0.25) is 0 Å². The van der Waals surface area contributed by atoms with Gasteiger partial charge in [-0.2, -0.15) is 0 Å². The number of methoxy groups -OCH3 is 1. The third-order valence-corrected chi connectivity index (χ3v) is 3.96. The molecule has 0 saturated carbocycles. The lowest BCUT2D eigenvalue weighted by Crippen LogP contribution is -2.38. The molecule has 1 aromatic carbocycles. The average Bonchev–Trinajstić information content (AvgIpc) is 2.67. The topological polar surface area (TPSA) is 67.8 Å². The van der Waals surface area contributed by atoms with Crippen molar-refractivity contribution < 1.29 is 9.47 Å². The summed E-state index contributed by atoms with van der Waals surface area (Å²) >= 11 is 6.03. The molecule has 0 aliphatic rings. The molecule has 0 bridgehead atoms. The Balaban J connectivity index is 0.00000392. The highest BCUT2D eigenvalue weighted by molar-refractivity contribution is 14.0. The maximum atomic E-state index is 6.03. The van der Waals surface area contributed by atoms with Crippen LogP contribution in [0.3, 0.4) is 0 Å². The SMILES string of the molecule is CCNC(=NCc1cccnc1OCCOC)NCCc1cccc(Cl)c1.I. The number of pyridine rings is 1. The molecule has 0 aliphatic carbocycles. The van der Waals surface area contributed by atoms with Crippen LogP contribution < -0.4 is 15.4 Å². The van der Waals surface area contributed by atoms with Crippen molar-refractivity contribution in [3.05, 3.63) is 58.7 Å². The molecule has 6 nitrogen and oxygen atoms in total. The Hall–Kier alpha value is -1.58. The number of benzene rings is 1. The van der Waals surface area contributed by atoms with Gasteiger partial charge in [0.15, 0.2) is 5.96 Å². The van der Waals surface area contributed by atoms with Gasteiger partial charge in [-0.15, -0.1) is 24.0 Å². The average molecular weight is 519 g/mol. The number of aliphatic imine (C=N–C) groups is 1. The highest BCUT2D eigenvalue weighted by Crippen LogP contribution is 2.15. The Morgan fingerprint density at radius 2 is 2.04 bits per heavy atom. The zero-order valence-corrected chi connectivity index (χ0v) is 19.4. The molecule has 0 unspecified atom stereocenters. The van der Waals surface area contributed by atoms with Gasteiger partial charge in [-0.05, 0) is 37.1 Å². The molecule has 154 valence electrons. The summed E-state index contributed by atoms with van der Waals surface area (Å²) in [6, 6.07) is 11.7. The molecule has 28 heavy (non-hydrogen) atoms. The Labute approximate surface area is 189 Å². The standard InChI is InChI=1S/C20H27ClN4O2.HI/c1-3-22-20(24-11-9-16-6-4-8-18(21)14-16)25-15-17-7-5-10-23-19(17)27-13-12-26-2;/h4-8,10,14H,3,9,11-13,15H2,1-2H3,(H2,22,24,25);1H. The van der Waals surface area contributed by atoms with Crippen LogP contribution in [-0.4, -0.2) is 44.4 Å². The van der Waals surface area contributed by atoms with E-state index in [0.717, 1.165) is 36.1 Å². The second-order valence-electron chi connectivity index (χ2n) is 5.81. The van der Waals surface area contributed by atoms with E-state index < -0.39 is 0 Å². The third-order valence-electron chi connectivity index (χ3n) is 3.72. The fourth-order valence-corrected chi connectivity index (χ4v) is 2.63. The largest absolute Gasteiger partial charge is 0.475 e. The van der Waals surface area contributed by atoms with Gasteiger partial charge < -0.3 is 20.1 Å². The third kappa shape index (κ3) is 9.07. The van der Waals surface area contributed by atoms with Gasteiger partial charge in [0.05, 0.1) is 13.2 Å². The molecule has 0 atom stereocenters. The Morgan fingerprint density at radius 3 is 2.79 bits per heavy atom. The highest BCUT2D eigenvalue weighted by atomic mass is 127. The van der Waals surface area contributed by atoms with Crippen LogP contribution in [0.4, 0.5) is 0 Å². The first-order chi connectivity index (χ1) is 13.2. The molecular formula is C20H28ClIN4O2. The highest BCUT2D eigenvalue weighted by Gasteiger charge is 2.05. The normalized spacial score (nSPS) is 10.9. The van der Waals surface area contributed by atoms with Gasteiger partial charge in [0.25, 0.3) is 0 Å². The van der Waals surface area contributed by atoms with Crippen LogP contribution in [0.25, 0.3) is 0 Å². The summed E-state index contributed by atoms with van der Waals surface area (Å²) in [4.78, 5) is 8.92. The lowest BCUT2D eigenvalue weighted by Gasteiger charge is -2.12.